The molecule has 1 saturated heterocycles. The summed E-state index contributed by atoms with van der Waals surface area (Å²) in [6.45, 7) is 5.07. The largest absolute Gasteiger partial charge is 0.368 e. The molecule has 1 saturated carbocycles. The van der Waals surface area contributed by atoms with Gasteiger partial charge in [0.25, 0.3) is 0 Å². The Kier molecular flexibility index (Phi) is 7.28. The van der Waals surface area contributed by atoms with E-state index in [2.05, 4.69) is 15.5 Å². The van der Waals surface area contributed by atoms with E-state index < -0.39 is 5.41 Å². The lowest BCUT2D eigenvalue weighted by atomic mass is 9.78. The van der Waals surface area contributed by atoms with Crippen LogP contribution in [-0.4, -0.2) is 48.0 Å². The van der Waals surface area contributed by atoms with E-state index in [0.717, 1.165) is 68.8 Å². The van der Waals surface area contributed by atoms with Gasteiger partial charge in [0.1, 0.15) is 0 Å². The highest BCUT2D eigenvalue weighted by atomic mass is 32.1. The van der Waals surface area contributed by atoms with Crippen molar-refractivity contribution in [3.63, 3.8) is 0 Å². The fraction of sp³-hybridized carbons (Fsp3) is 0.423. The topological polar surface area (TPSA) is 64.7 Å². The molecule has 2 aromatic carbocycles. The minimum atomic E-state index is -0.502. The lowest BCUT2D eigenvalue weighted by molar-refractivity contribution is -0.131. The van der Waals surface area contributed by atoms with E-state index >= 15 is 0 Å². The predicted octanol–water partition coefficient (Wildman–Crippen LogP) is 4.07. The highest BCUT2D eigenvalue weighted by Gasteiger charge is 2.42. The second-order valence-electron chi connectivity index (χ2n) is 8.83. The normalized spacial score (nSPS) is 17.5. The molecule has 1 heterocycles. The number of hydrogen-bond acceptors (Lipinski definition) is 4. The van der Waals surface area contributed by atoms with Gasteiger partial charge in [-0.2, -0.15) is 0 Å². The Morgan fingerprint density at radius 3 is 2.18 bits per heavy atom. The van der Waals surface area contributed by atoms with Crippen molar-refractivity contribution in [2.75, 3.05) is 36.4 Å². The van der Waals surface area contributed by atoms with E-state index in [1.54, 1.807) is 0 Å². The number of thiocarbonyl (C=S) groups is 1. The number of carbonyl (C=O) groups excluding carboxylic acids is 2. The average molecular weight is 465 g/mol. The number of nitrogens with zero attached hydrogens (tertiary/aromatic N) is 2. The fourth-order valence-corrected chi connectivity index (χ4v) is 5.17. The molecule has 0 bridgehead atoms. The van der Waals surface area contributed by atoms with Gasteiger partial charge in [-0.05, 0) is 54.9 Å². The quantitative estimate of drug-likeness (QED) is 0.653. The molecule has 0 unspecified atom stereocenters. The van der Waals surface area contributed by atoms with Gasteiger partial charge in [-0.1, -0.05) is 50.1 Å². The van der Waals surface area contributed by atoms with Gasteiger partial charge in [0.05, 0.1) is 5.41 Å². The molecule has 33 heavy (non-hydrogen) atoms. The fourth-order valence-electron chi connectivity index (χ4n) is 4.96. The molecule has 7 heteroatoms. The van der Waals surface area contributed by atoms with Gasteiger partial charge in [-0.3, -0.25) is 9.59 Å². The van der Waals surface area contributed by atoms with Gasteiger partial charge >= 0.3 is 0 Å². The van der Waals surface area contributed by atoms with Crippen LogP contribution in [0, 0.1) is 0 Å². The van der Waals surface area contributed by atoms with Gasteiger partial charge in [0, 0.05) is 44.0 Å². The van der Waals surface area contributed by atoms with Crippen LogP contribution in [0.2, 0.25) is 0 Å². The van der Waals surface area contributed by atoms with Gasteiger partial charge < -0.3 is 20.4 Å². The van der Waals surface area contributed by atoms with Crippen molar-refractivity contribution in [2.24, 2.45) is 0 Å². The Hall–Kier alpha value is -2.93. The maximum atomic E-state index is 13.3. The molecular formula is C26H32N4O2S. The SMILES string of the molecule is CCC(=O)N1CCN(c2ccc(NC(=S)NC(=O)C3(c4ccccc4)CCCC3)cc2)CC1. The van der Waals surface area contributed by atoms with E-state index in [-0.39, 0.29) is 11.8 Å². The summed E-state index contributed by atoms with van der Waals surface area (Å²) in [6, 6.07) is 18.1. The third-order valence-corrected chi connectivity index (χ3v) is 7.07. The van der Waals surface area contributed by atoms with Gasteiger partial charge in [0.15, 0.2) is 5.11 Å². The molecule has 1 aliphatic carbocycles. The lowest BCUT2D eigenvalue weighted by Gasteiger charge is -2.36. The molecule has 174 valence electrons. The van der Waals surface area contributed by atoms with Crippen LogP contribution in [0.15, 0.2) is 54.6 Å². The van der Waals surface area contributed by atoms with Crippen LogP contribution in [0.25, 0.3) is 0 Å². The van der Waals surface area contributed by atoms with E-state index in [1.165, 1.54) is 0 Å². The molecule has 0 spiro atoms. The van der Waals surface area contributed by atoms with E-state index in [9.17, 15) is 9.59 Å². The minimum absolute atomic E-state index is 0.0279. The zero-order valence-electron chi connectivity index (χ0n) is 19.2. The summed E-state index contributed by atoms with van der Waals surface area (Å²) in [5.74, 6) is 0.191. The molecule has 2 aliphatic rings. The minimum Gasteiger partial charge on any atom is -0.368 e. The molecule has 2 aromatic rings. The summed E-state index contributed by atoms with van der Waals surface area (Å²) in [4.78, 5) is 29.3. The Labute approximate surface area is 201 Å². The van der Waals surface area contributed by atoms with Crippen molar-refractivity contribution in [2.45, 2.75) is 44.4 Å². The number of piperazine rings is 1. The first kappa shape index (κ1) is 23.2. The van der Waals surface area contributed by atoms with Crippen LogP contribution in [0.3, 0.4) is 0 Å². The molecule has 6 nitrogen and oxygen atoms in total. The molecule has 4 rings (SSSR count). The van der Waals surface area contributed by atoms with Crippen LogP contribution in [0.5, 0.6) is 0 Å². The zero-order valence-corrected chi connectivity index (χ0v) is 20.0. The lowest BCUT2D eigenvalue weighted by Crippen LogP contribution is -2.48. The Balaban J connectivity index is 1.33. The smallest absolute Gasteiger partial charge is 0.236 e. The highest BCUT2D eigenvalue weighted by molar-refractivity contribution is 7.80. The Bertz CT molecular complexity index is 979. The summed E-state index contributed by atoms with van der Waals surface area (Å²) in [5.41, 5.74) is 2.52. The molecule has 2 fully saturated rings. The molecule has 1 aliphatic heterocycles. The second-order valence-corrected chi connectivity index (χ2v) is 9.24. The number of carbonyl (C=O) groups is 2. The number of benzene rings is 2. The Morgan fingerprint density at radius 2 is 1.58 bits per heavy atom. The van der Waals surface area contributed by atoms with Crippen molar-refractivity contribution in [1.29, 1.82) is 0 Å². The molecule has 0 radical (unpaired) electrons. The number of nitrogens with one attached hydrogen (secondary N) is 2. The monoisotopic (exact) mass is 464 g/mol. The average Bonchev–Trinajstić information content (AvgIpc) is 3.36. The summed E-state index contributed by atoms with van der Waals surface area (Å²) < 4.78 is 0. The van der Waals surface area contributed by atoms with Gasteiger partial charge in [-0.15, -0.1) is 0 Å². The molecule has 2 amide bonds. The maximum Gasteiger partial charge on any atom is 0.236 e. The summed E-state index contributed by atoms with van der Waals surface area (Å²) in [5, 5.41) is 6.42. The van der Waals surface area contributed by atoms with Crippen LogP contribution in [-0.2, 0) is 15.0 Å². The number of anilines is 2. The first-order chi connectivity index (χ1) is 16.0. The van der Waals surface area contributed by atoms with Gasteiger partial charge in [0.2, 0.25) is 11.8 Å². The van der Waals surface area contributed by atoms with Crippen LogP contribution >= 0.6 is 12.2 Å². The van der Waals surface area contributed by atoms with Crippen LogP contribution in [0.1, 0.15) is 44.6 Å². The third-order valence-electron chi connectivity index (χ3n) is 6.87. The first-order valence-corrected chi connectivity index (χ1v) is 12.2. The van der Waals surface area contributed by atoms with Crippen LogP contribution < -0.4 is 15.5 Å². The summed E-state index contributed by atoms with van der Waals surface area (Å²) in [7, 11) is 0. The van der Waals surface area contributed by atoms with E-state index in [0.29, 0.717) is 11.5 Å². The number of rotatable bonds is 5. The van der Waals surface area contributed by atoms with E-state index in [4.69, 9.17) is 12.2 Å². The number of amides is 2. The van der Waals surface area contributed by atoms with Crippen LogP contribution in [0.4, 0.5) is 11.4 Å². The van der Waals surface area contributed by atoms with E-state index in [1.807, 2.05) is 66.4 Å². The predicted molar refractivity (Wildman–Crippen MR) is 136 cm³/mol. The van der Waals surface area contributed by atoms with Crippen molar-refractivity contribution in [3.8, 4) is 0 Å². The molecule has 0 aromatic heterocycles. The van der Waals surface area contributed by atoms with Crippen molar-refractivity contribution >= 4 is 40.5 Å². The second kappa shape index (κ2) is 10.3. The third kappa shape index (κ3) is 5.19. The van der Waals surface area contributed by atoms with Crippen molar-refractivity contribution in [3.05, 3.63) is 60.2 Å². The Morgan fingerprint density at radius 1 is 0.939 bits per heavy atom. The maximum absolute atomic E-state index is 13.3. The molecule has 2 N–H and O–H groups in total. The highest BCUT2D eigenvalue weighted by Crippen LogP contribution is 2.41. The van der Waals surface area contributed by atoms with Crippen molar-refractivity contribution < 1.29 is 9.59 Å². The zero-order chi connectivity index (χ0) is 23.3. The standard InChI is InChI=1S/C26H32N4O2S/c1-2-23(31)30-18-16-29(17-19-30)22-12-10-21(11-13-22)27-25(33)28-24(32)26(14-6-7-15-26)20-8-4-3-5-9-20/h3-5,8-13H,2,6-7,14-19H2,1H3,(H2,27,28,32,33). The molecular weight excluding hydrogens is 432 g/mol. The summed E-state index contributed by atoms with van der Waals surface area (Å²) in [6.07, 6.45) is 4.34. The number of hydrogen-bond donors (Lipinski definition) is 2. The van der Waals surface area contributed by atoms with Crippen molar-refractivity contribution in [1.82, 2.24) is 10.2 Å². The summed E-state index contributed by atoms with van der Waals surface area (Å²) >= 11 is 5.46. The van der Waals surface area contributed by atoms with Gasteiger partial charge in [-0.25, -0.2) is 0 Å². The first-order valence-electron chi connectivity index (χ1n) is 11.8. The molecule has 0 atom stereocenters.